The second-order valence-electron chi connectivity index (χ2n) is 17.9. The molecule has 312 valence electrons. The summed E-state index contributed by atoms with van der Waals surface area (Å²) in [6.45, 7) is 0.712. The summed E-state index contributed by atoms with van der Waals surface area (Å²) >= 11 is 0. The van der Waals surface area contributed by atoms with Gasteiger partial charge in [-0.1, -0.05) is 170 Å². The van der Waals surface area contributed by atoms with E-state index >= 15 is 0 Å². The first-order valence-electron chi connectivity index (χ1n) is 23.1. The fourth-order valence-corrected chi connectivity index (χ4v) is 11.2. The van der Waals surface area contributed by atoms with Crippen molar-refractivity contribution in [3.05, 3.63) is 236 Å². The molecule has 1 N–H and O–H groups in total. The second-order valence-corrected chi connectivity index (χ2v) is 17.9. The molecule has 67 heavy (non-hydrogen) atoms. The summed E-state index contributed by atoms with van der Waals surface area (Å²) in [6, 6.07) is 76.6. The first-order valence-corrected chi connectivity index (χ1v) is 23.1. The van der Waals surface area contributed by atoms with E-state index in [0.29, 0.717) is 6.54 Å². The van der Waals surface area contributed by atoms with E-state index in [1.807, 2.05) is 12.4 Å². The lowest BCUT2D eigenvalue weighted by Gasteiger charge is -2.19. The third-order valence-corrected chi connectivity index (χ3v) is 14.2. The predicted molar refractivity (Wildman–Crippen MR) is 285 cm³/mol. The molecule has 3 heteroatoms. The van der Waals surface area contributed by atoms with Crippen LogP contribution in [0, 0.1) is 0 Å². The van der Waals surface area contributed by atoms with Crippen LogP contribution in [0.2, 0.25) is 0 Å². The summed E-state index contributed by atoms with van der Waals surface area (Å²) in [5.74, 6) is 0. The summed E-state index contributed by atoms with van der Waals surface area (Å²) in [6.07, 6.45) is 8.27. The van der Waals surface area contributed by atoms with Crippen molar-refractivity contribution in [1.29, 1.82) is 0 Å². The van der Waals surface area contributed by atoms with E-state index in [1.54, 1.807) is 0 Å². The number of hydrogen-bond donors (Lipinski definition) is 1. The largest absolute Gasteiger partial charge is 0.387 e. The van der Waals surface area contributed by atoms with Gasteiger partial charge in [-0.05, 0) is 153 Å². The van der Waals surface area contributed by atoms with Crippen LogP contribution in [0.5, 0.6) is 0 Å². The first-order chi connectivity index (χ1) is 33.2. The highest BCUT2D eigenvalue weighted by atomic mass is 15.0. The molecule has 0 aliphatic carbocycles. The van der Waals surface area contributed by atoms with Crippen molar-refractivity contribution >= 4 is 92.0 Å². The van der Waals surface area contributed by atoms with E-state index in [0.717, 1.165) is 33.4 Å². The van der Waals surface area contributed by atoms with Gasteiger partial charge < -0.3 is 9.88 Å². The topological polar surface area (TPSA) is 29.9 Å². The van der Waals surface area contributed by atoms with Crippen LogP contribution in [-0.4, -0.2) is 16.1 Å². The standard InChI is InChI=1S/C64H41N3/c1-3-14-42-34-47(25-23-40(42)12-1)61-53-21-9-10-22-54(53)62(48-26-24-41-13-2-4-15-43(41)35-48)56-36-44(27-29-55(56)61)45-28-30-58-57(37-45)63-59(31-33-66-64(63)49-17-11-32-65-39-49)67(58)60-38-46-16-5-6-18-50(46)51-19-7-8-20-52(51)60/h1-38,65H,39H2. The molecule has 0 atom stereocenters. The van der Waals surface area contributed by atoms with Crippen LogP contribution in [0.15, 0.2) is 231 Å². The molecule has 3 heterocycles. The molecule has 0 radical (unpaired) electrons. The van der Waals surface area contributed by atoms with E-state index in [4.69, 9.17) is 4.98 Å². The number of allylic oxidation sites excluding steroid dienone is 2. The van der Waals surface area contributed by atoms with Gasteiger partial charge >= 0.3 is 0 Å². The van der Waals surface area contributed by atoms with E-state index in [-0.39, 0.29) is 0 Å². The van der Waals surface area contributed by atoms with Crippen molar-refractivity contribution in [2.45, 2.75) is 0 Å². The van der Waals surface area contributed by atoms with Crippen LogP contribution in [0.3, 0.4) is 0 Å². The normalized spacial score (nSPS) is 12.9. The van der Waals surface area contributed by atoms with Crippen molar-refractivity contribution in [3.63, 3.8) is 0 Å². The molecule has 11 aromatic carbocycles. The minimum atomic E-state index is 0.712. The maximum atomic E-state index is 5.14. The summed E-state index contributed by atoms with van der Waals surface area (Å²) in [4.78, 5) is 5.14. The zero-order valence-electron chi connectivity index (χ0n) is 36.5. The molecule has 0 unspecified atom stereocenters. The Hall–Kier alpha value is -8.79. The van der Waals surface area contributed by atoms with Crippen LogP contribution >= 0.6 is 0 Å². The quantitative estimate of drug-likeness (QED) is 0.138. The van der Waals surface area contributed by atoms with Crippen molar-refractivity contribution in [2.75, 3.05) is 6.54 Å². The number of aromatic nitrogens is 2. The summed E-state index contributed by atoms with van der Waals surface area (Å²) in [5.41, 5.74) is 12.9. The van der Waals surface area contributed by atoms with Gasteiger partial charge in [0.2, 0.25) is 0 Å². The smallest absolute Gasteiger partial charge is 0.0779 e. The van der Waals surface area contributed by atoms with Crippen LogP contribution in [-0.2, 0) is 0 Å². The van der Waals surface area contributed by atoms with E-state index in [2.05, 4.69) is 228 Å². The van der Waals surface area contributed by atoms with Crippen LogP contribution in [0.4, 0.5) is 0 Å². The number of fused-ring (bicyclic) bond motifs is 10. The minimum absolute atomic E-state index is 0.712. The summed E-state index contributed by atoms with van der Waals surface area (Å²) in [7, 11) is 0. The molecule has 0 bridgehead atoms. The van der Waals surface area contributed by atoms with Gasteiger partial charge in [0.05, 0.1) is 22.4 Å². The van der Waals surface area contributed by atoms with E-state index < -0.39 is 0 Å². The molecule has 14 rings (SSSR count). The average Bonchev–Trinajstić information content (AvgIpc) is 3.73. The maximum absolute atomic E-state index is 5.14. The number of rotatable bonds is 5. The highest BCUT2D eigenvalue weighted by Gasteiger charge is 2.23. The van der Waals surface area contributed by atoms with Gasteiger partial charge in [-0.15, -0.1) is 0 Å². The Kier molecular flexibility index (Phi) is 8.35. The molecule has 1 aliphatic heterocycles. The Morgan fingerprint density at radius 2 is 0.940 bits per heavy atom. The van der Waals surface area contributed by atoms with Crippen LogP contribution < -0.4 is 5.32 Å². The molecule has 1 aliphatic rings. The average molecular weight is 852 g/mol. The molecule has 2 aromatic heterocycles. The SMILES string of the molecule is C1=CNCC(c2nccc3c2c2cc(-c4ccc5c(-c6ccc7ccccc7c6)c6ccccc6c(-c6ccc7ccccc7c6)c5c4)ccc2n3-c2cc3ccccc3c3ccccc23)=C1. The third-order valence-electron chi connectivity index (χ3n) is 14.2. The zero-order valence-corrected chi connectivity index (χ0v) is 36.5. The molecule has 0 saturated carbocycles. The lowest BCUT2D eigenvalue weighted by molar-refractivity contribution is 0.980. The summed E-state index contributed by atoms with van der Waals surface area (Å²) in [5, 5.41) is 20.6. The van der Waals surface area contributed by atoms with Crippen molar-refractivity contribution < 1.29 is 0 Å². The third kappa shape index (κ3) is 5.88. The Morgan fingerprint density at radius 3 is 1.63 bits per heavy atom. The molecular weight excluding hydrogens is 811 g/mol. The van der Waals surface area contributed by atoms with Crippen molar-refractivity contribution in [2.24, 2.45) is 0 Å². The predicted octanol–water partition coefficient (Wildman–Crippen LogP) is 16.6. The monoisotopic (exact) mass is 851 g/mol. The fourth-order valence-electron chi connectivity index (χ4n) is 11.2. The number of nitrogens with zero attached hydrogens (tertiary/aromatic N) is 2. The lowest BCUT2D eigenvalue weighted by atomic mass is 9.84. The Morgan fingerprint density at radius 1 is 0.388 bits per heavy atom. The molecule has 0 saturated heterocycles. The maximum Gasteiger partial charge on any atom is 0.0779 e. The Balaban J connectivity index is 1.06. The number of nitrogens with one attached hydrogen (secondary N) is 1. The molecule has 0 spiro atoms. The van der Waals surface area contributed by atoms with Gasteiger partial charge in [-0.25, -0.2) is 0 Å². The lowest BCUT2D eigenvalue weighted by Crippen LogP contribution is -2.12. The van der Waals surface area contributed by atoms with Crippen molar-refractivity contribution in [3.8, 4) is 39.1 Å². The van der Waals surface area contributed by atoms with Gasteiger partial charge in [0, 0.05) is 28.9 Å². The molecule has 13 aromatic rings. The number of hydrogen-bond acceptors (Lipinski definition) is 2. The Labute approximate surface area is 387 Å². The molecular formula is C64H41N3. The summed E-state index contributed by atoms with van der Waals surface area (Å²) < 4.78 is 2.47. The number of benzene rings is 11. The van der Waals surface area contributed by atoms with Crippen LogP contribution in [0.1, 0.15) is 5.69 Å². The van der Waals surface area contributed by atoms with E-state index in [1.165, 1.54) is 103 Å². The first kappa shape index (κ1) is 37.6. The van der Waals surface area contributed by atoms with Gasteiger partial charge in [0.15, 0.2) is 0 Å². The number of dihydropyridines is 1. The van der Waals surface area contributed by atoms with Crippen molar-refractivity contribution in [1.82, 2.24) is 14.9 Å². The Bertz CT molecular complexity index is 4280. The van der Waals surface area contributed by atoms with Gasteiger partial charge in [-0.3, -0.25) is 4.98 Å². The van der Waals surface area contributed by atoms with Gasteiger partial charge in [-0.2, -0.15) is 0 Å². The molecule has 0 amide bonds. The highest BCUT2D eigenvalue weighted by Crippen LogP contribution is 2.47. The second kappa shape index (κ2) is 14.9. The van der Waals surface area contributed by atoms with Gasteiger partial charge in [0.1, 0.15) is 0 Å². The van der Waals surface area contributed by atoms with Crippen LogP contribution in [0.25, 0.3) is 131 Å². The number of pyridine rings is 1. The zero-order chi connectivity index (χ0) is 44.0. The molecule has 0 fully saturated rings. The van der Waals surface area contributed by atoms with E-state index in [9.17, 15) is 0 Å². The highest BCUT2D eigenvalue weighted by molar-refractivity contribution is 6.23. The minimum Gasteiger partial charge on any atom is -0.387 e. The van der Waals surface area contributed by atoms with Gasteiger partial charge in [0.25, 0.3) is 0 Å². The fraction of sp³-hybridized carbons (Fsp3) is 0.0156. The molecule has 3 nitrogen and oxygen atoms in total.